The maximum atomic E-state index is 13.9. The predicted molar refractivity (Wildman–Crippen MR) is 251 cm³/mol. The molecule has 3 heterocycles. The van der Waals surface area contributed by atoms with Crippen molar-refractivity contribution in [2.24, 2.45) is 0 Å². The Hall–Kier alpha value is -7.58. The Balaban J connectivity index is 0.000000521. The van der Waals surface area contributed by atoms with Gasteiger partial charge in [-0.1, -0.05) is 139 Å². The number of benzene rings is 5. The first kappa shape index (κ1) is 48.5. The minimum atomic E-state index is -1.23. The summed E-state index contributed by atoms with van der Waals surface area (Å²) in [7, 11) is 0. The zero-order chi connectivity index (χ0) is 46.4. The van der Waals surface area contributed by atoms with Crippen LogP contribution in [0.3, 0.4) is 0 Å². The molecule has 1 aromatic heterocycles. The fourth-order valence-corrected chi connectivity index (χ4v) is 7.05. The topological polar surface area (TPSA) is 183 Å². The van der Waals surface area contributed by atoms with Crippen LogP contribution in [0, 0.1) is 13.8 Å². The van der Waals surface area contributed by atoms with Crippen LogP contribution < -0.4 is 26.0 Å². The highest BCUT2D eigenvalue weighted by atomic mass is 32.1. The predicted octanol–water partition coefficient (Wildman–Crippen LogP) is 5.90. The molecule has 336 valence electrons. The minimum Gasteiger partial charge on any atom is -0.484 e. The molecule has 0 spiro atoms. The van der Waals surface area contributed by atoms with E-state index in [1.165, 1.54) is 10.4 Å². The van der Waals surface area contributed by atoms with Crippen molar-refractivity contribution in [3.8, 4) is 16.9 Å². The van der Waals surface area contributed by atoms with E-state index in [1.807, 2.05) is 72.8 Å². The molecule has 2 bridgehead atoms. The summed E-state index contributed by atoms with van der Waals surface area (Å²) in [4.78, 5) is 80.4. The van der Waals surface area contributed by atoms with Crippen molar-refractivity contribution >= 4 is 46.8 Å². The lowest BCUT2D eigenvalue weighted by Crippen LogP contribution is -2.54. The average Bonchev–Trinajstić information content (AvgIpc) is 3.80. The van der Waals surface area contributed by atoms with E-state index in [4.69, 9.17) is 4.74 Å². The fourth-order valence-electron chi connectivity index (χ4n) is 6.52. The Kier molecular flexibility index (Phi) is 19.0. The molecule has 0 saturated heterocycles. The van der Waals surface area contributed by atoms with Crippen LogP contribution in [-0.4, -0.2) is 83.8 Å². The second-order valence-electron chi connectivity index (χ2n) is 15.1. The number of thiophene rings is 1. The molecule has 8 rings (SSSR count). The number of aryl methyl sites for hydroxylation is 2. The number of amides is 5. The van der Waals surface area contributed by atoms with Gasteiger partial charge in [-0.25, -0.2) is 0 Å². The smallest absolute Gasteiger partial charge is 0.323 e. The number of ether oxygens (including phenoxy) is 1. The van der Waals surface area contributed by atoms with Gasteiger partial charge in [-0.05, 0) is 65.2 Å². The van der Waals surface area contributed by atoms with E-state index in [-0.39, 0.29) is 26.0 Å². The number of carbonyl (C=O) groups is 6. The number of nitrogens with one attached hydrogen (secondary N) is 4. The number of aliphatic carboxylic acids is 1. The van der Waals surface area contributed by atoms with Gasteiger partial charge in [0.15, 0.2) is 6.61 Å². The molecule has 13 nitrogen and oxygen atoms in total. The van der Waals surface area contributed by atoms with Gasteiger partial charge in [-0.15, -0.1) is 11.3 Å². The average molecular weight is 896 g/mol. The van der Waals surface area contributed by atoms with E-state index in [0.717, 1.165) is 21.6 Å². The number of hydrogen-bond acceptors (Lipinski definition) is 8. The highest BCUT2D eigenvalue weighted by molar-refractivity contribution is 7.09. The van der Waals surface area contributed by atoms with Crippen LogP contribution in [0.15, 0.2) is 157 Å². The molecule has 2 aliphatic rings. The number of carboxylic acids is 1. The summed E-state index contributed by atoms with van der Waals surface area (Å²) < 4.78 is 5.55. The van der Waals surface area contributed by atoms with Gasteiger partial charge in [-0.2, -0.15) is 0 Å². The fraction of sp³-hybridized carbons (Fsp3) is 0.216. The monoisotopic (exact) mass is 895 g/mol. The van der Waals surface area contributed by atoms with Crippen LogP contribution in [0.5, 0.6) is 5.75 Å². The summed E-state index contributed by atoms with van der Waals surface area (Å²) in [5.74, 6) is -4.10. The van der Waals surface area contributed by atoms with E-state index >= 15 is 0 Å². The molecule has 5 N–H and O–H groups in total. The maximum absolute atomic E-state index is 13.9. The van der Waals surface area contributed by atoms with Gasteiger partial charge in [-0.3, -0.25) is 28.8 Å². The largest absolute Gasteiger partial charge is 0.484 e. The van der Waals surface area contributed by atoms with E-state index in [0.29, 0.717) is 16.9 Å². The molecule has 0 radical (unpaired) electrons. The summed E-state index contributed by atoms with van der Waals surface area (Å²) in [6.45, 7) is 2.22. The summed E-state index contributed by atoms with van der Waals surface area (Å²) in [5, 5.41) is 22.0. The Morgan fingerprint density at radius 2 is 1.26 bits per heavy atom. The van der Waals surface area contributed by atoms with Crippen molar-refractivity contribution in [1.82, 2.24) is 26.2 Å². The third kappa shape index (κ3) is 17.2. The molecule has 14 heteroatoms. The zero-order valence-corrected chi connectivity index (χ0v) is 37.1. The molecule has 2 aliphatic heterocycles. The van der Waals surface area contributed by atoms with E-state index in [2.05, 4.69) is 64.8 Å². The summed E-state index contributed by atoms with van der Waals surface area (Å²) >= 11 is 1.78. The second-order valence-corrected chi connectivity index (χ2v) is 16.2. The van der Waals surface area contributed by atoms with Crippen molar-refractivity contribution in [3.05, 3.63) is 184 Å². The first-order valence-corrected chi connectivity index (χ1v) is 21.8. The van der Waals surface area contributed by atoms with Crippen LogP contribution in [-0.2, 0) is 48.2 Å². The number of nitrogens with zero attached hydrogens (tertiary/aromatic N) is 1. The Morgan fingerprint density at radius 1 is 0.662 bits per heavy atom. The minimum absolute atomic E-state index is 0.0120. The third-order valence-corrected chi connectivity index (χ3v) is 10.6. The summed E-state index contributed by atoms with van der Waals surface area (Å²) in [5.41, 5.74) is 5.33. The molecule has 5 amide bonds. The normalized spacial score (nSPS) is 15.5. The molecule has 2 atom stereocenters. The lowest BCUT2D eigenvalue weighted by atomic mass is 10.00. The number of fused-ring (bicyclic) bond motifs is 16. The van der Waals surface area contributed by atoms with E-state index < -0.39 is 67.2 Å². The SMILES string of the molecule is Cc1ccccc1.Cc1cccs1.O=C(O)CN(Cc1ccccc1)C(=O)[C@@H]1Cc2ccc(cc2)OCC(=O)NCC(=O)N[C@H](Cc2ccc(-c3ccccc3)cc2)C(=O)NCC(=O)N1. The van der Waals surface area contributed by atoms with Crippen LogP contribution >= 0.6 is 11.3 Å². The number of carbonyl (C=O) groups excluding carboxylic acids is 5. The van der Waals surface area contributed by atoms with Gasteiger partial charge in [0.05, 0.1) is 13.1 Å². The summed E-state index contributed by atoms with van der Waals surface area (Å²) in [6, 6.07) is 44.6. The number of carboxylic acid groups (broad SMARTS) is 1. The van der Waals surface area contributed by atoms with Gasteiger partial charge in [0.2, 0.25) is 23.6 Å². The Morgan fingerprint density at radius 3 is 1.83 bits per heavy atom. The molecule has 65 heavy (non-hydrogen) atoms. The van der Waals surface area contributed by atoms with Gasteiger partial charge in [0.25, 0.3) is 5.91 Å². The van der Waals surface area contributed by atoms with Gasteiger partial charge < -0.3 is 36.0 Å². The molecular weight excluding hydrogens is 843 g/mol. The summed E-state index contributed by atoms with van der Waals surface area (Å²) in [6.07, 6.45) is 0.0614. The van der Waals surface area contributed by atoms with Gasteiger partial charge in [0.1, 0.15) is 24.4 Å². The van der Waals surface area contributed by atoms with E-state index in [9.17, 15) is 33.9 Å². The second kappa shape index (κ2) is 25.5. The van der Waals surface area contributed by atoms with Gasteiger partial charge >= 0.3 is 5.97 Å². The quantitative estimate of drug-likeness (QED) is 0.117. The first-order valence-electron chi connectivity index (χ1n) is 21.0. The molecule has 0 fully saturated rings. The van der Waals surface area contributed by atoms with Crippen LogP contribution in [0.1, 0.15) is 27.1 Å². The van der Waals surface area contributed by atoms with Crippen LogP contribution in [0.25, 0.3) is 11.1 Å². The van der Waals surface area contributed by atoms with Crippen molar-refractivity contribution in [2.75, 3.05) is 26.2 Å². The lowest BCUT2D eigenvalue weighted by Gasteiger charge is -2.27. The number of rotatable bonds is 8. The first-order chi connectivity index (χ1) is 31.4. The third-order valence-electron chi connectivity index (χ3n) is 9.85. The Bertz CT molecular complexity index is 2430. The van der Waals surface area contributed by atoms with Crippen LogP contribution in [0.2, 0.25) is 0 Å². The molecule has 5 aromatic carbocycles. The Labute approximate surface area is 382 Å². The molecular formula is C51H53N5O8S. The van der Waals surface area contributed by atoms with Crippen molar-refractivity contribution in [2.45, 2.75) is 45.3 Å². The van der Waals surface area contributed by atoms with Crippen molar-refractivity contribution in [3.63, 3.8) is 0 Å². The standard InChI is InChI=1S/C39H39N5O8.C7H8.C5H6S/c45-34-21-40-36(47)25-52-31-17-13-27(14-18-31)20-33(39(51)44(24-37(48)49)23-28-7-3-1-4-8-28)43-35(46)22-41-38(50)32(42-34)19-26-11-15-30(16-12-26)29-9-5-2-6-10-29;1-7-5-3-2-4-6-7;1-5-3-2-4-6-5/h1-18,32-33H,19-25H2,(H,40,47)(H,41,50)(H,42,45)(H,43,46)(H,48,49);2-6H,1H3;2-4H,1H3/t32-,33+;;/m1../s1. The highest BCUT2D eigenvalue weighted by Gasteiger charge is 2.29. The highest BCUT2D eigenvalue weighted by Crippen LogP contribution is 2.20. The zero-order valence-electron chi connectivity index (χ0n) is 36.3. The molecule has 0 aliphatic carbocycles. The lowest BCUT2D eigenvalue weighted by molar-refractivity contribution is -0.146. The molecule has 6 aromatic rings. The van der Waals surface area contributed by atoms with Crippen LogP contribution in [0.4, 0.5) is 0 Å². The van der Waals surface area contributed by atoms with E-state index in [1.54, 1.807) is 65.9 Å². The molecule has 0 unspecified atom stereocenters. The maximum Gasteiger partial charge on any atom is 0.323 e. The molecule has 0 saturated carbocycles. The number of hydrogen-bond donors (Lipinski definition) is 5. The van der Waals surface area contributed by atoms with Gasteiger partial charge in [0, 0.05) is 24.3 Å². The van der Waals surface area contributed by atoms with Crippen molar-refractivity contribution < 1.29 is 38.6 Å². The van der Waals surface area contributed by atoms with Crippen molar-refractivity contribution in [1.29, 1.82) is 0 Å².